The fourth-order valence-electron chi connectivity index (χ4n) is 4.42. The van der Waals surface area contributed by atoms with Gasteiger partial charge in [-0.05, 0) is 28.3 Å². The average molecular weight is 709 g/mol. The molecule has 3 atom stereocenters. The fraction of sp³-hybridized carbons (Fsp3) is 0.214. The molecule has 0 saturated heterocycles. The molecule has 3 unspecified atom stereocenters. The maximum atomic E-state index is 11.9. The SMILES string of the molecule is CC(=O)OC(/C=C/c1ccccc1)c1ccccc1.COC(=O)C(C)C(/C=C/c1ccccc1)c1ccccc1.COC(=O)CC(=O)OC.O=C=O. The van der Waals surface area contributed by atoms with Crippen LogP contribution in [0.3, 0.4) is 0 Å². The Morgan fingerprint density at radius 2 is 0.981 bits per heavy atom. The monoisotopic (exact) mass is 708 g/mol. The lowest BCUT2D eigenvalue weighted by atomic mass is 9.86. The normalized spacial score (nSPS) is 11.6. The van der Waals surface area contributed by atoms with Gasteiger partial charge in [0.2, 0.25) is 0 Å². The van der Waals surface area contributed by atoms with Gasteiger partial charge < -0.3 is 18.9 Å². The third-order valence-corrected chi connectivity index (χ3v) is 7.02. The molecule has 4 rings (SSSR count). The number of carbonyl (C=O) groups excluding carboxylic acids is 6. The largest absolute Gasteiger partial charge is 0.469 e. The molecule has 0 heterocycles. The summed E-state index contributed by atoms with van der Waals surface area (Å²) in [5, 5.41) is 0. The van der Waals surface area contributed by atoms with Crippen LogP contribution in [0.15, 0.2) is 133 Å². The van der Waals surface area contributed by atoms with Crippen molar-refractivity contribution in [3.8, 4) is 0 Å². The van der Waals surface area contributed by atoms with Gasteiger partial charge in [-0.1, -0.05) is 146 Å². The van der Waals surface area contributed by atoms with Crippen LogP contribution in [0.2, 0.25) is 0 Å². The Labute approximate surface area is 304 Å². The minimum atomic E-state index is -0.582. The van der Waals surface area contributed by atoms with Crippen LogP contribution in [0.5, 0.6) is 0 Å². The molecule has 0 fully saturated rings. The molecule has 0 amide bonds. The van der Waals surface area contributed by atoms with Crippen molar-refractivity contribution in [3.05, 3.63) is 156 Å². The molecule has 272 valence electrons. The van der Waals surface area contributed by atoms with Gasteiger partial charge in [-0.25, -0.2) is 0 Å². The summed E-state index contributed by atoms with van der Waals surface area (Å²) < 4.78 is 18.6. The first kappa shape index (κ1) is 43.6. The van der Waals surface area contributed by atoms with E-state index in [4.69, 9.17) is 19.1 Å². The van der Waals surface area contributed by atoms with Gasteiger partial charge in [0.25, 0.3) is 0 Å². The van der Waals surface area contributed by atoms with Crippen LogP contribution in [0.4, 0.5) is 0 Å². The summed E-state index contributed by atoms with van der Waals surface area (Å²) >= 11 is 0. The zero-order valence-corrected chi connectivity index (χ0v) is 29.9. The van der Waals surface area contributed by atoms with Crippen molar-refractivity contribution in [2.75, 3.05) is 21.3 Å². The van der Waals surface area contributed by atoms with Gasteiger partial charge in [0.05, 0.1) is 27.2 Å². The number of rotatable bonds is 11. The van der Waals surface area contributed by atoms with E-state index in [1.165, 1.54) is 28.3 Å². The highest BCUT2D eigenvalue weighted by atomic mass is 16.5. The first-order valence-electron chi connectivity index (χ1n) is 16.0. The molecule has 4 aromatic carbocycles. The summed E-state index contributed by atoms with van der Waals surface area (Å²) in [4.78, 5) is 59.8. The van der Waals surface area contributed by atoms with Gasteiger partial charge in [0.1, 0.15) is 12.5 Å². The maximum absolute atomic E-state index is 11.9. The molecule has 0 aromatic heterocycles. The second-order valence-corrected chi connectivity index (χ2v) is 10.6. The Balaban J connectivity index is 0.000000401. The highest BCUT2D eigenvalue weighted by Crippen LogP contribution is 2.28. The van der Waals surface area contributed by atoms with Crippen molar-refractivity contribution in [1.82, 2.24) is 0 Å². The van der Waals surface area contributed by atoms with Crippen molar-refractivity contribution in [2.24, 2.45) is 5.92 Å². The number of hydrogen-bond donors (Lipinski definition) is 0. The predicted octanol–water partition coefficient (Wildman–Crippen LogP) is 7.44. The number of esters is 4. The Morgan fingerprint density at radius 3 is 1.37 bits per heavy atom. The quantitative estimate of drug-likeness (QED) is 0.0878. The highest BCUT2D eigenvalue weighted by Gasteiger charge is 2.24. The van der Waals surface area contributed by atoms with E-state index in [-0.39, 0.29) is 42.5 Å². The highest BCUT2D eigenvalue weighted by molar-refractivity contribution is 5.91. The van der Waals surface area contributed by atoms with Crippen molar-refractivity contribution in [2.45, 2.75) is 32.3 Å². The van der Waals surface area contributed by atoms with Crippen molar-refractivity contribution >= 4 is 42.2 Å². The summed E-state index contributed by atoms with van der Waals surface area (Å²) in [6.45, 7) is 3.32. The number of carbonyl (C=O) groups is 4. The second kappa shape index (κ2) is 26.5. The van der Waals surface area contributed by atoms with Crippen molar-refractivity contribution in [1.29, 1.82) is 0 Å². The van der Waals surface area contributed by atoms with Crippen molar-refractivity contribution in [3.63, 3.8) is 0 Å². The number of ether oxygens (including phenoxy) is 4. The molecule has 0 spiro atoms. The smallest absolute Gasteiger partial charge is 0.373 e. The predicted molar refractivity (Wildman–Crippen MR) is 196 cm³/mol. The molecular weight excluding hydrogens is 664 g/mol. The molecule has 10 nitrogen and oxygen atoms in total. The second-order valence-electron chi connectivity index (χ2n) is 10.6. The molecule has 0 N–H and O–H groups in total. The average Bonchev–Trinajstić information content (AvgIpc) is 3.18. The summed E-state index contributed by atoms with van der Waals surface area (Å²) in [5.41, 5.74) is 4.28. The Kier molecular flexibility index (Phi) is 22.2. The zero-order chi connectivity index (χ0) is 38.6. The van der Waals surface area contributed by atoms with E-state index in [1.807, 2.05) is 140 Å². The Bertz CT molecular complexity index is 1680. The summed E-state index contributed by atoms with van der Waals surface area (Å²) in [6, 6.07) is 39.7. The van der Waals surface area contributed by atoms with Crippen LogP contribution in [0.25, 0.3) is 12.2 Å². The molecule has 0 bridgehead atoms. The van der Waals surface area contributed by atoms with Crippen molar-refractivity contribution < 1.29 is 47.7 Å². The summed E-state index contributed by atoms with van der Waals surface area (Å²) in [7, 11) is 3.86. The van der Waals surface area contributed by atoms with Gasteiger partial charge in [-0.15, -0.1) is 0 Å². The topological polar surface area (TPSA) is 139 Å². The van der Waals surface area contributed by atoms with E-state index in [1.54, 1.807) is 0 Å². The molecule has 0 radical (unpaired) electrons. The number of benzene rings is 4. The minimum absolute atomic E-state index is 0.00106. The van der Waals surface area contributed by atoms with Crippen LogP contribution in [-0.2, 0) is 47.7 Å². The van der Waals surface area contributed by atoms with Gasteiger partial charge in [0.15, 0.2) is 0 Å². The summed E-state index contributed by atoms with van der Waals surface area (Å²) in [6.07, 6.45) is 7.57. The summed E-state index contributed by atoms with van der Waals surface area (Å²) in [5.74, 6) is -1.87. The van der Waals surface area contributed by atoms with Crippen LogP contribution in [-0.4, -0.2) is 51.4 Å². The first-order valence-corrected chi connectivity index (χ1v) is 16.0. The molecule has 0 aliphatic rings. The fourth-order valence-corrected chi connectivity index (χ4v) is 4.42. The molecule has 0 aliphatic carbocycles. The number of hydrogen-bond acceptors (Lipinski definition) is 10. The zero-order valence-electron chi connectivity index (χ0n) is 29.9. The molecule has 0 saturated carbocycles. The lowest BCUT2D eigenvalue weighted by Gasteiger charge is -2.19. The van der Waals surface area contributed by atoms with Crippen LogP contribution < -0.4 is 0 Å². The van der Waals surface area contributed by atoms with Gasteiger partial charge in [-0.3, -0.25) is 19.2 Å². The van der Waals surface area contributed by atoms with Gasteiger partial charge in [0, 0.05) is 12.8 Å². The first-order chi connectivity index (χ1) is 25.1. The standard InChI is InChI=1S/C19H20O2.C17H16O2.C5H8O4.CO2/c1-15(19(20)21-2)18(17-11-7-4-8-12-17)14-13-16-9-5-3-6-10-16;1-14(18)19-17(16-10-6-3-7-11-16)13-12-15-8-4-2-5-9-15;1-8-4(6)3-5(7)9-2;2-1-3/h3-15,18H,1-2H3;2-13,17H,1H3;3H2,1-2H3;/b14-13+;13-12+;;. The van der Waals surface area contributed by atoms with E-state index in [0.29, 0.717) is 0 Å². The lowest BCUT2D eigenvalue weighted by molar-refractivity contribution is -0.191. The van der Waals surface area contributed by atoms with Crippen LogP contribution >= 0.6 is 0 Å². The third kappa shape index (κ3) is 18.4. The van der Waals surface area contributed by atoms with E-state index in [0.717, 1.165) is 22.3 Å². The van der Waals surface area contributed by atoms with Crippen LogP contribution in [0.1, 0.15) is 54.5 Å². The minimum Gasteiger partial charge on any atom is -0.469 e. The van der Waals surface area contributed by atoms with E-state index < -0.39 is 11.9 Å². The third-order valence-electron chi connectivity index (χ3n) is 7.02. The Morgan fingerprint density at radius 1 is 0.596 bits per heavy atom. The van der Waals surface area contributed by atoms with Crippen LogP contribution in [0, 0.1) is 5.92 Å². The number of methoxy groups -OCH3 is 3. The molecular formula is C42H44O10. The van der Waals surface area contributed by atoms with E-state index in [2.05, 4.69) is 21.6 Å². The Hall–Kier alpha value is -6.38. The molecule has 0 aliphatic heterocycles. The molecule has 4 aromatic rings. The van der Waals surface area contributed by atoms with E-state index >= 15 is 0 Å². The van der Waals surface area contributed by atoms with Gasteiger partial charge >= 0.3 is 30.0 Å². The molecule has 52 heavy (non-hydrogen) atoms. The molecule has 10 heteroatoms. The van der Waals surface area contributed by atoms with Gasteiger partial charge in [-0.2, -0.15) is 9.59 Å². The van der Waals surface area contributed by atoms with E-state index in [9.17, 15) is 19.2 Å². The number of allylic oxidation sites excluding steroid dienone is 1. The lowest BCUT2D eigenvalue weighted by Crippen LogP contribution is -2.19. The maximum Gasteiger partial charge on any atom is 0.373 e.